The largest absolute Gasteiger partial charge is 0.477 e. The van der Waals surface area contributed by atoms with E-state index in [1.54, 1.807) is 12.1 Å². The Hall–Kier alpha value is -1.67. The lowest BCUT2D eigenvalue weighted by Gasteiger charge is -2.03. The van der Waals surface area contributed by atoms with E-state index in [0.29, 0.717) is 5.75 Å². The Labute approximate surface area is 118 Å². The molecular weight excluding hydrogens is 284 g/mol. The van der Waals surface area contributed by atoms with Crippen LogP contribution < -0.4 is 4.90 Å². The molecule has 2 heterocycles. The van der Waals surface area contributed by atoms with E-state index in [9.17, 15) is 4.79 Å². The summed E-state index contributed by atoms with van der Waals surface area (Å²) in [5, 5.41) is 17.8. The van der Waals surface area contributed by atoms with Gasteiger partial charge in [0.15, 0.2) is 4.34 Å². The van der Waals surface area contributed by atoms with Crippen molar-refractivity contribution in [3.05, 3.63) is 29.6 Å². The summed E-state index contributed by atoms with van der Waals surface area (Å²) < 4.78 is 0.859. The molecule has 0 saturated carbocycles. The molecule has 100 valence electrons. The second-order valence-electron chi connectivity index (χ2n) is 3.89. The molecule has 2 aromatic heterocycles. The molecule has 0 radical (unpaired) electrons. The second kappa shape index (κ2) is 5.98. The molecule has 0 unspecified atom stereocenters. The van der Waals surface area contributed by atoms with Crippen LogP contribution in [0.2, 0.25) is 0 Å². The lowest BCUT2D eigenvalue weighted by Crippen LogP contribution is -2.07. The highest BCUT2D eigenvalue weighted by Gasteiger charge is 2.08. The zero-order valence-electron chi connectivity index (χ0n) is 10.4. The SMILES string of the molecule is CN(C)c1nnc(SCc2ccnc(C(=O)O)c2)s1. The molecule has 8 heteroatoms. The normalized spacial score (nSPS) is 10.4. The Morgan fingerprint density at radius 3 is 2.89 bits per heavy atom. The van der Waals surface area contributed by atoms with Gasteiger partial charge >= 0.3 is 5.97 Å². The molecule has 0 saturated heterocycles. The number of aromatic nitrogens is 3. The number of hydrogen-bond donors (Lipinski definition) is 1. The van der Waals surface area contributed by atoms with Crippen molar-refractivity contribution in [2.45, 2.75) is 10.1 Å². The maximum Gasteiger partial charge on any atom is 0.354 e. The average Bonchev–Trinajstić information content (AvgIpc) is 2.85. The van der Waals surface area contributed by atoms with Crippen LogP contribution in [-0.2, 0) is 5.75 Å². The van der Waals surface area contributed by atoms with Crippen LogP contribution in [0.5, 0.6) is 0 Å². The van der Waals surface area contributed by atoms with Crippen molar-refractivity contribution in [2.24, 2.45) is 0 Å². The van der Waals surface area contributed by atoms with Gasteiger partial charge in [0.25, 0.3) is 0 Å². The van der Waals surface area contributed by atoms with Crippen LogP contribution >= 0.6 is 23.1 Å². The number of carboxylic acids is 1. The molecule has 0 bridgehead atoms. The molecule has 0 aliphatic carbocycles. The minimum atomic E-state index is -1.02. The van der Waals surface area contributed by atoms with E-state index in [-0.39, 0.29) is 5.69 Å². The minimum Gasteiger partial charge on any atom is -0.477 e. The first-order chi connectivity index (χ1) is 9.06. The lowest BCUT2D eigenvalue weighted by molar-refractivity contribution is 0.0690. The van der Waals surface area contributed by atoms with Crippen molar-refractivity contribution in [2.75, 3.05) is 19.0 Å². The molecule has 0 spiro atoms. The van der Waals surface area contributed by atoms with Gasteiger partial charge in [0.1, 0.15) is 5.69 Å². The first kappa shape index (κ1) is 13.8. The van der Waals surface area contributed by atoms with Gasteiger partial charge < -0.3 is 10.0 Å². The van der Waals surface area contributed by atoms with Crippen LogP contribution in [0.15, 0.2) is 22.7 Å². The van der Waals surface area contributed by atoms with Gasteiger partial charge in [0.05, 0.1) is 0 Å². The molecule has 0 aliphatic heterocycles. The molecule has 2 rings (SSSR count). The summed E-state index contributed by atoms with van der Waals surface area (Å²) in [6.07, 6.45) is 1.50. The van der Waals surface area contributed by atoms with Crippen molar-refractivity contribution in [3.8, 4) is 0 Å². The summed E-state index contributed by atoms with van der Waals surface area (Å²) in [7, 11) is 3.83. The summed E-state index contributed by atoms with van der Waals surface area (Å²) in [4.78, 5) is 16.5. The van der Waals surface area contributed by atoms with Gasteiger partial charge in [-0.3, -0.25) is 0 Å². The number of thioether (sulfide) groups is 1. The van der Waals surface area contributed by atoms with Gasteiger partial charge in [-0.1, -0.05) is 23.1 Å². The second-order valence-corrected chi connectivity index (χ2v) is 6.07. The fourth-order valence-corrected chi connectivity index (χ4v) is 2.97. The van der Waals surface area contributed by atoms with Gasteiger partial charge in [-0.05, 0) is 17.7 Å². The van der Waals surface area contributed by atoms with E-state index in [0.717, 1.165) is 15.0 Å². The number of aromatic carboxylic acids is 1. The standard InChI is InChI=1S/C11H12N4O2S2/c1-15(2)10-13-14-11(19-10)18-6-7-3-4-12-8(5-7)9(16)17/h3-5H,6H2,1-2H3,(H,16,17). The topological polar surface area (TPSA) is 79.2 Å². The fraction of sp³-hybridized carbons (Fsp3) is 0.273. The first-order valence-electron chi connectivity index (χ1n) is 5.38. The predicted molar refractivity (Wildman–Crippen MR) is 75.0 cm³/mol. The molecule has 0 amide bonds. The van der Waals surface area contributed by atoms with Gasteiger partial charge in [0, 0.05) is 26.0 Å². The number of nitrogens with zero attached hydrogens (tertiary/aromatic N) is 4. The molecule has 0 fully saturated rings. The van der Waals surface area contributed by atoms with E-state index in [1.165, 1.54) is 29.3 Å². The van der Waals surface area contributed by atoms with E-state index < -0.39 is 5.97 Å². The Kier molecular flexibility index (Phi) is 4.33. The third-order valence-corrected chi connectivity index (χ3v) is 4.48. The third-order valence-electron chi connectivity index (χ3n) is 2.18. The van der Waals surface area contributed by atoms with Crippen molar-refractivity contribution >= 4 is 34.2 Å². The highest BCUT2D eigenvalue weighted by Crippen LogP contribution is 2.29. The van der Waals surface area contributed by atoms with Crippen LogP contribution in [0.4, 0.5) is 5.13 Å². The Morgan fingerprint density at radius 1 is 1.47 bits per heavy atom. The highest BCUT2D eigenvalue weighted by atomic mass is 32.2. The molecule has 0 aliphatic rings. The molecule has 19 heavy (non-hydrogen) atoms. The van der Waals surface area contributed by atoms with Crippen LogP contribution in [0.3, 0.4) is 0 Å². The van der Waals surface area contributed by atoms with Crippen molar-refractivity contribution in [1.82, 2.24) is 15.2 Å². The summed E-state index contributed by atoms with van der Waals surface area (Å²) in [6.45, 7) is 0. The summed E-state index contributed by atoms with van der Waals surface area (Å²) >= 11 is 3.04. The van der Waals surface area contributed by atoms with Gasteiger partial charge in [-0.15, -0.1) is 10.2 Å². The van der Waals surface area contributed by atoms with Crippen molar-refractivity contribution < 1.29 is 9.90 Å². The molecule has 2 aromatic rings. The average molecular weight is 296 g/mol. The van der Waals surface area contributed by atoms with Crippen LogP contribution in [0, 0.1) is 0 Å². The first-order valence-corrected chi connectivity index (χ1v) is 7.18. The van der Waals surface area contributed by atoms with Crippen LogP contribution in [0.1, 0.15) is 16.1 Å². The monoisotopic (exact) mass is 296 g/mol. The number of hydrogen-bond acceptors (Lipinski definition) is 7. The van der Waals surface area contributed by atoms with Gasteiger partial charge in [0.2, 0.25) is 5.13 Å². The van der Waals surface area contributed by atoms with E-state index in [2.05, 4.69) is 15.2 Å². The van der Waals surface area contributed by atoms with Gasteiger partial charge in [-0.2, -0.15) is 0 Å². The minimum absolute atomic E-state index is 0.0596. The number of anilines is 1. The maximum absolute atomic E-state index is 10.8. The smallest absolute Gasteiger partial charge is 0.354 e. The summed E-state index contributed by atoms with van der Waals surface area (Å²) in [6, 6.07) is 3.37. The van der Waals surface area contributed by atoms with Crippen molar-refractivity contribution in [3.63, 3.8) is 0 Å². The number of pyridine rings is 1. The Morgan fingerprint density at radius 2 is 2.26 bits per heavy atom. The van der Waals surface area contributed by atoms with Crippen LogP contribution in [-0.4, -0.2) is 40.4 Å². The molecule has 6 nitrogen and oxygen atoms in total. The van der Waals surface area contributed by atoms with Gasteiger partial charge in [-0.25, -0.2) is 9.78 Å². The number of carbonyl (C=O) groups is 1. The fourth-order valence-electron chi connectivity index (χ4n) is 1.27. The third kappa shape index (κ3) is 3.65. The Balaban J connectivity index is 2.01. The lowest BCUT2D eigenvalue weighted by atomic mass is 10.2. The quantitative estimate of drug-likeness (QED) is 0.845. The number of carboxylic acid groups (broad SMARTS) is 1. The zero-order chi connectivity index (χ0) is 13.8. The Bertz CT molecular complexity index is 586. The van der Waals surface area contributed by atoms with E-state index in [4.69, 9.17) is 5.11 Å². The maximum atomic E-state index is 10.8. The number of rotatable bonds is 5. The summed E-state index contributed by atoms with van der Waals surface area (Å²) in [5.41, 5.74) is 0.961. The zero-order valence-corrected chi connectivity index (χ0v) is 12.0. The van der Waals surface area contributed by atoms with Crippen LogP contribution in [0.25, 0.3) is 0 Å². The molecule has 0 atom stereocenters. The summed E-state index contributed by atoms with van der Waals surface area (Å²) in [5.74, 6) is -0.372. The molecular formula is C11H12N4O2S2. The highest BCUT2D eigenvalue weighted by molar-refractivity contribution is 8.00. The predicted octanol–water partition coefficient (Wildman–Crippen LogP) is 1.99. The molecule has 0 aromatic carbocycles. The van der Waals surface area contributed by atoms with Crippen molar-refractivity contribution in [1.29, 1.82) is 0 Å². The van der Waals surface area contributed by atoms with E-state index in [1.807, 2.05) is 19.0 Å². The van der Waals surface area contributed by atoms with E-state index >= 15 is 0 Å². The molecule has 1 N–H and O–H groups in total.